The summed E-state index contributed by atoms with van der Waals surface area (Å²) in [6.45, 7) is 8.58. The minimum Gasteiger partial charge on any atom is -0.497 e. The van der Waals surface area contributed by atoms with Crippen molar-refractivity contribution in [3.63, 3.8) is 0 Å². The zero-order chi connectivity index (χ0) is 41.4. The molecule has 1 aliphatic heterocycles. The monoisotopic (exact) mass is 810 g/mol. The van der Waals surface area contributed by atoms with Gasteiger partial charge >= 0.3 is 0 Å². The summed E-state index contributed by atoms with van der Waals surface area (Å²) in [5.74, 6) is 0.983. The summed E-state index contributed by atoms with van der Waals surface area (Å²) < 4.78 is 8.32. The second-order valence-corrected chi connectivity index (χ2v) is 16.4. The van der Waals surface area contributed by atoms with E-state index in [1.807, 2.05) is 48.6 Å². The molecule has 3 N–H and O–H groups in total. The quantitative estimate of drug-likeness (QED) is 0.131. The number of nitrogens with one attached hydrogen (secondary N) is 3. The standard InChI is InChI=1S/C40H50N12O5S/c1-40(2,3)31-25-58-39(43-31)45-37(55)28-15-19-51-33(21-28)44-36(50-18-7-8-27(22-50)20-34(53)41-16-17-42-35(54)24-49(4)5)30(38(51)56)13-14-32-46-47-48-52(32)23-26-9-11-29(57-6)12-10-26/h9-15,19,21,25,27H,7-8,16-18,20,22-24H2,1-6H3,(H,41,53)(H,42,54)(H,43,45,55). The van der Waals surface area contributed by atoms with Crippen molar-refractivity contribution >= 4 is 57.8 Å². The number of nitrogens with zero attached hydrogens (tertiary/aromatic N) is 9. The molecule has 18 heteroatoms. The van der Waals surface area contributed by atoms with Crippen LogP contribution in [0, 0.1) is 5.92 Å². The number of amides is 3. The van der Waals surface area contributed by atoms with Crippen LogP contribution in [0.4, 0.5) is 10.9 Å². The van der Waals surface area contributed by atoms with Crippen LogP contribution in [0.1, 0.15) is 73.0 Å². The van der Waals surface area contributed by atoms with E-state index in [9.17, 15) is 19.2 Å². The summed E-state index contributed by atoms with van der Waals surface area (Å²) in [4.78, 5) is 66.1. The maximum Gasteiger partial charge on any atom is 0.267 e. The van der Waals surface area contributed by atoms with Gasteiger partial charge in [0.15, 0.2) is 11.0 Å². The Kier molecular flexibility index (Phi) is 13.3. The number of ether oxygens (including phenoxy) is 1. The first-order chi connectivity index (χ1) is 27.8. The Labute approximate surface area is 340 Å². The Morgan fingerprint density at radius 1 is 1.03 bits per heavy atom. The minimum atomic E-state index is -0.373. The second kappa shape index (κ2) is 18.5. The lowest BCUT2D eigenvalue weighted by molar-refractivity contribution is -0.123. The average Bonchev–Trinajstić information content (AvgIpc) is 3.86. The van der Waals surface area contributed by atoms with Crippen LogP contribution in [-0.4, -0.2) is 111 Å². The number of piperidine rings is 1. The number of tetrazole rings is 1. The number of aromatic nitrogens is 7. The van der Waals surface area contributed by atoms with Gasteiger partial charge in [0.05, 0.1) is 31.5 Å². The fourth-order valence-electron chi connectivity index (χ4n) is 6.52. The highest BCUT2D eigenvalue weighted by atomic mass is 32.1. The molecule has 1 aliphatic rings. The van der Waals surface area contributed by atoms with Crippen molar-refractivity contribution in [3.05, 3.63) is 86.5 Å². The van der Waals surface area contributed by atoms with Crippen LogP contribution in [0.5, 0.6) is 5.75 Å². The van der Waals surface area contributed by atoms with Crippen molar-refractivity contribution in [2.24, 2.45) is 5.92 Å². The van der Waals surface area contributed by atoms with E-state index in [-0.39, 0.29) is 47.6 Å². The number of rotatable bonds is 15. The number of thiazole rings is 1. The number of hydrogen-bond acceptors (Lipinski definition) is 13. The van der Waals surface area contributed by atoms with E-state index in [0.717, 1.165) is 29.8 Å². The third-order valence-electron chi connectivity index (χ3n) is 9.57. The van der Waals surface area contributed by atoms with Crippen LogP contribution < -0.4 is 31.1 Å². The fourth-order valence-corrected chi connectivity index (χ4v) is 7.46. The molecule has 4 aromatic heterocycles. The summed E-state index contributed by atoms with van der Waals surface area (Å²) >= 11 is 1.35. The van der Waals surface area contributed by atoms with E-state index in [0.29, 0.717) is 66.3 Å². The highest BCUT2D eigenvalue weighted by Crippen LogP contribution is 2.29. The number of carbonyl (C=O) groups excluding carboxylic acids is 3. The first-order valence-electron chi connectivity index (χ1n) is 19.1. The van der Waals surface area contributed by atoms with Gasteiger partial charge in [-0.1, -0.05) is 32.9 Å². The molecule has 1 aromatic carbocycles. The van der Waals surface area contributed by atoms with Crippen molar-refractivity contribution in [2.75, 3.05) is 64.1 Å². The Morgan fingerprint density at radius 2 is 1.79 bits per heavy atom. The Balaban J connectivity index is 1.26. The van der Waals surface area contributed by atoms with Gasteiger partial charge in [-0.15, -0.1) is 16.4 Å². The minimum absolute atomic E-state index is 0.0145. The van der Waals surface area contributed by atoms with Gasteiger partial charge in [0.1, 0.15) is 17.2 Å². The first kappa shape index (κ1) is 41.6. The molecule has 58 heavy (non-hydrogen) atoms. The van der Waals surface area contributed by atoms with Crippen LogP contribution in [0.25, 0.3) is 17.8 Å². The maximum absolute atomic E-state index is 14.3. The number of hydrogen-bond donors (Lipinski definition) is 3. The van der Waals surface area contributed by atoms with Gasteiger partial charge in [0.2, 0.25) is 11.8 Å². The Bertz CT molecular complexity index is 2330. The molecule has 17 nitrogen and oxygen atoms in total. The molecule has 0 radical (unpaired) electrons. The van der Waals surface area contributed by atoms with Gasteiger partial charge in [0, 0.05) is 55.2 Å². The molecule has 0 aliphatic carbocycles. The van der Waals surface area contributed by atoms with E-state index in [1.54, 1.807) is 47.2 Å². The molecule has 6 rings (SSSR count). The number of anilines is 2. The van der Waals surface area contributed by atoms with Crippen molar-refractivity contribution in [1.29, 1.82) is 0 Å². The van der Waals surface area contributed by atoms with Crippen molar-refractivity contribution in [1.82, 2.24) is 50.1 Å². The van der Waals surface area contributed by atoms with Gasteiger partial charge in [-0.25, -0.2) is 14.6 Å². The van der Waals surface area contributed by atoms with Gasteiger partial charge < -0.3 is 25.2 Å². The van der Waals surface area contributed by atoms with Crippen molar-refractivity contribution in [2.45, 2.75) is 52.0 Å². The van der Waals surface area contributed by atoms with E-state index in [4.69, 9.17) is 9.72 Å². The number of likely N-dealkylation sites (N-methyl/N-ethyl adjacent to an activating group) is 1. The average molecular weight is 811 g/mol. The number of benzene rings is 1. The molecule has 0 saturated carbocycles. The Hall–Kier alpha value is -6.01. The SMILES string of the molecule is COc1ccc(Cn2nnnc2C=Cc2c(N3CCCC(CC(=O)NCCNC(=O)CN(C)C)C3)nc3cc(C(=O)Nc4nc(C(C)(C)C)cs4)ccn3c2=O)cc1. The molecule has 1 atom stereocenters. The highest BCUT2D eigenvalue weighted by Gasteiger charge is 2.27. The topological polar surface area (TPSA) is 194 Å². The predicted molar refractivity (Wildman–Crippen MR) is 223 cm³/mol. The number of pyridine rings is 1. The van der Waals surface area contributed by atoms with Gasteiger partial charge in [-0.3, -0.25) is 28.9 Å². The largest absolute Gasteiger partial charge is 0.497 e. The zero-order valence-electron chi connectivity index (χ0n) is 33.7. The summed E-state index contributed by atoms with van der Waals surface area (Å²) in [7, 11) is 5.24. The summed E-state index contributed by atoms with van der Waals surface area (Å²) in [5, 5.41) is 23.2. The number of methoxy groups -OCH3 is 1. The first-order valence-corrected chi connectivity index (χ1v) is 20.0. The lowest BCUT2D eigenvalue weighted by Gasteiger charge is -2.34. The fraction of sp³-hybridized carbons (Fsp3) is 0.425. The van der Waals surface area contributed by atoms with Crippen LogP contribution >= 0.6 is 11.3 Å². The molecule has 5 heterocycles. The number of carbonyl (C=O) groups is 3. The number of fused-ring (bicyclic) bond motifs is 1. The molecule has 1 unspecified atom stereocenters. The Morgan fingerprint density at radius 3 is 2.50 bits per heavy atom. The third-order valence-corrected chi connectivity index (χ3v) is 10.3. The molecule has 0 spiro atoms. The van der Waals surface area contributed by atoms with Crippen LogP contribution in [-0.2, 0) is 21.5 Å². The third kappa shape index (κ3) is 10.7. The zero-order valence-corrected chi connectivity index (χ0v) is 34.5. The molecular weight excluding hydrogens is 761 g/mol. The molecule has 0 bridgehead atoms. The van der Waals surface area contributed by atoms with E-state index in [1.165, 1.54) is 15.7 Å². The van der Waals surface area contributed by atoms with Gasteiger partial charge in [-0.05, 0) is 85.3 Å². The van der Waals surface area contributed by atoms with Gasteiger partial charge in [0.25, 0.3) is 11.5 Å². The van der Waals surface area contributed by atoms with E-state index in [2.05, 4.69) is 57.2 Å². The molecule has 5 aromatic rings. The lowest BCUT2D eigenvalue weighted by Crippen LogP contribution is -2.41. The molecule has 3 amide bonds. The van der Waals surface area contributed by atoms with Crippen molar-refractivity contribution in [3.8, 4) is 5.75 Å². The van der Waals surface area contributed by atoms with E-state index < -0.39 is 0 Å². The van der Waals surface area contributed by atoms with Crippen LogP contribution in [0.2, 0.25) is 0 Å². The normalized spacial score (nSPS) is 14.6. The predicted octanol–water partition coefficient (Wildman–Crippen LogP) is 3.32. The molecular formula is C40H50N12O5S. The smallest absolute Gasteiger partial charge is 0.267 e. The highest BCUT2D eigenvalue weighted by molar-refractivity contribution is 7.14. The molecule has 1 fully saturated rings. The second-order valence-electron chi connectivity index (χ2n) is 15.5. The van der Waals surface area contributed by atoms with Crippen LogP contribution in [0.15, 0.2) is 52.8 Å². The van der Waals surface area contributed by atoms with Gasteiger partial charge in [-0.2, -0.15) is 0 Å². The molecule has 306 valence electrons. The van der Waals surface area contributed by atoms with Crippen LogP contribution in [0.3, 0.4) is 0 Å². The summed E-state index contributed by atoms with van der Waals surface area (Å²) in [5.41, 5.74) is 2.24. The lowest BCUT2D eigenvalue weighted by atomic mass is 9.93. The summed E-state index contributed by atoms with van der Waals surface area (Å²) in [6, 6.07) is 10.8. The molecule has 1 saturated heterocycles. The summed E-state index contributed by atoms with van der Waals surface area (Å²) in [6.07, 6.45) is 6.77. The van der Waals surface area contributed by atoms with E-state index >= 15 is 0 Å². The van der Waals surface area contributed by atoms with Crippen molar-refractivity contribution < 1.29 is 19.1 Å². The maximum atomic E-state index is 14.3.